The summed E-state index contributed by atoms with van der Waals surface area (Å²) in [6.45, 7) is 4.15. The smallest absolute Gasteiger partial charge is 0.224 e. The number of allylic oxidation sites excluding steroid dienone is 1. The highest BCUT2D eigenvalue weighted by molar-refractivity contribution is 5.77. The van der Waals surface area contributed by atoms with Gasteiger partial charge in [-0.05, 0) is 52.0 Å². The molecule has 0 aromatic heterocycles. The number of hydrogen-bond donors (Lipinski definition) is 1. The van der Waals surface area contributed by atoms with Gasteiger partial charge < -0.3 is 10.2 Å². The van der Waals surface area contributed by atoms with Gasteiger partial charge in [0.1, 0.15) is 0 Å². The largest absolute Gasteiger partial charge is 0.333 e. The van der Waals surface area contributed by atoms with E-state index < -0.39 is 0 Å². The molecule has 3 nitrogen and oxygen atoms in total. The molecular formula is C11H20N2O. The van der Waals surface area contributed by atoms with E-state index in [1.807, 2.05) is 13.0 Å². The van der Waals surface area contributed by atoms with E-state index in [4.69, 9.17) is 0 Å². The molecule has 0 saturated carbocycles. The van der Waals surface area contributed by atoms with Crippen molar-refractivity contribution in [3.63, 3.8) is 0 Å². The van der Waals surface area contributed by atoms with Gasteiger partial charge in [-0.25, -0.2) is 0 Å². The van der Waals surface area contributed by atoms with Crippen LogP contribution in [0.1, 0.15) is 26.2 Å². The SMILES string of the molecule is C/C=C/NC(=O)CC1CCN(C)CC1. The fraction of sp³-hybridized carbons (Fsp3) is 0.727. The Labute approximate surface area is 86.2 Å². The summed E-state index contributed by atoms with van der Waals surface area (Å²) < 4.78 is 0. The predicted octanol–water partition coefficient (Wildman–Crippen LogP) is 1.37. The average Bonchev–Trinajstić information content (AvgIpc) is 2.18. The lowest BCUT2D eigenvalue weighted by atomic mass is 9.93. The van der Waals surface area contributed by atoms with Crippen LogP contribution in [0.3, 0.4) is 0 Å². The average molecular weight is 196 g/mol. The van der Waals surface area contributed by atoms with Crippen LogP contribution in [-0.2, 0) is 4.79 Å². The third kappa shape index (κ3) is 3.92. The van der Waals surface area contributed by atoms with Crippen molar-refractivity contribution in [2.75, 3.05) is 20.1 Å². The van der Waals surface area contributed by atoms with Crippen LogP contribution in [0.15, 0.2) is 12.3 Å². The first-order valence-corrected chi connectivity index (χ1v) is 5.31. The van der Waals surface area contributed by atoms with Crippen molar-refractivity contribution in [1.82, 2.24) is 10.2 Å². The third-order valence-corrected chi connectivity index (χ3v) is 2.72. The topological polar surface area (TPSA) is 32.3 Å². The van der Waals surface area contributed by atoms with E-state index in [1.165, 1.54) is 0 Å². The molecule has 0 aromatic carbocycles. The van der Waals surface area contributed by atoms with Gasteiger partial charge in [0.2, 0.25) is 5.91 Å². The number of carbonyl (C=O) groups excluding carboxylic acids is 1. The van der Waals surface area contributed by atoms with E-state index in [1.54, 1.807) is 6.20 Å². The third-order valence-electron chi connectivity index (χ3n) is 2.72. The zero-order valence-corrected chi connectivity index (χ0v) is 9.12. The Balaban J connectivity index is 2.20. The Morgan fingerprint density at radius 1 is 1.50 bits per heavy atom. The lowest BCUT2D eigenvalue weighted by molar-refractivity contribution is -0.121. The molecule has 0 unspecified atom stereocenters. The minimum atomic E-state index is 0.151. The maximum atomic E-state index is 11.4. The minimum absolute atomic E-state index is 0.151. The molecule has 3 heteroatoms. The first-order chi connectivity index (χ1) is 6.72. The first kappa shape index (κ1) is 11.2. The lowest BCUT2D eigenvalue weighted by Crippen LogP contribution is -2.32. The maximum absolute atomic E-state index is 11.4. The van der Waals surface area contributed by atoms with Crippen LogP contribution in [0.2, 0.25) is 0 Å². The van der Waals surface area contributed by atoms with Gasteiger partial charge in [-0.3, -0.25) is 4.79 Å². The molecule has 1 fully saturated rings. The molecule has 0 spiro atoms. The van der Waals surface area contributed by atoms with Crippen molar-refractivity contribution >= 4 is 5.91 Å². The van der Waals surface area contributed by atoms with Gasteiger partial charge in [0, 0.05) is 6.42 Å². The number of piperidine rings is 1. The van der Waals surface area contributed by atoms with Gasteiger partial charge >= 0.3 is 0 Å². The summed E-state index contributed by atoms with van der Waals surface area (Å²) in [5.74, 6) is 0.731. The van der Waals surface area contributed by atoms with Gasteiger partial charge in [0.05, 0.1) is 0 Å². The van der Waals surface area contributed by atoms with Crippen LogP contribution in [-0.4, -0.2) is 30.9 Å². The van der Waals surface area contributed by atoms with Gasteiger partial charge in [-0.1, -0.05) is 6.08 Å². The van der Waals surface area contributed by atoms with Crippen molar-refractivity contribution in [3.05, 3.63) is 12.3 Å². The van der Waals surface area contributed by atoms with Crippen LogP contribution in [0, 0.1) is 5.92 Å². The molecule has 1 aliphatic rings. The molecule has 80 valence electrons. The molecule has 0 aliphatic carbocycles. The second kappa shape index (κ2) is 5.81. The highest BCUT2D eigenvalue weighted by Crippen LogP contribution is 2.18. The van der Waals surface area contributed by atoms with E-state index in [0.29, 0.717) is 12.3 Å². The highest BCUT2D eigenvalue weighted by Gasteiger charge is 2.18. The van der Waals surface area contributed by atoms with Crippen LogP contribution in [0.4, 0.5) is 0 Å². The Kier molecular flexibility index (Phi) is 4.66. The predicted molar refractivity (Wildman–Crippen MR) is 57.8 cm³/mol. The summed E-state index contributed by atoms with van der Waals surface area (Å²) >= 11 is 0. The van der Waals surface area contributed by atoms with Crippen LogP contribution in [0.25, 0.3) is 0 Å². The summed E-state index contributed by atoms with van der Waals surface area (Å²) in [7, 11) is 2.14. The molecular weight excluding hydrogens is 176 g/mol. The molecule has 1 heterocycles. The van der Waals surface area contributed by atoms with E-state index in [-0.39, 0.29) is 5.91 Å². The fourth-order valence-electron chi connectivity index (χ4n) is 1.76. The van der Waals surface area contributed by atoms with Crippen molar-refractivity contribution < 1.29 is 4.79 Å². The normalized spacial score (nSPS) is 20.1. The quantitative estimate of drug-likeness (QED) is 0.739. The molecule has 0 bridgehead atoms. The van der Waals surface area contributed by atoms with Gasteiger partial charge in [-0.2, -0.15) is 0 Å². The number of amides is 1. The van der Waals surface area contributed by atoms with Crippen LogP contribution in [0.5, 0.6) is 0 Å². The highest BCUT2D eigenvalue weighted by atomic mass is 16.1. The van der Waals surface area contributed by atoms with Gasteiger partial charge in [0.15, 0.2) is 0 Å². The van der Waals surface area contributed by atoms with Gasteiger partial charge in [-0.15, -0.1) is 0 Å². The zero-order valence-electron chi connectivity index (χ0n) is 9.12. The number of hydrogen-bond acceptors (Lipinski definition) is 2. The molecule has 1 N–H and O–H groups in total. The van der Waals surface area contributed by atoms with Crippen molar-refractivity contribution in [3.8, 4) is 0 Å². The Bertz CT molecular complexity index is 205. The number of carbonyl (C=O) groups is 1. The van der Waals surface area contributed by atoms with Crippen LogP contribution >= 0.6 is 0 Å². The number of rotatable bonds is 3. The number of nitrogens with zero attached hydrogens (tertiary/aromatic N) is 1. The van der Waals surface area contributed by atoms with E-state index in [0.717, 1.165) is 25.9 Å². The Morgan fingerprint density at radius 3 is 2.71 bits per heavy atom. The Hall–Kier alpha value is -0.830. The summed E-state index contributed by atoms with van der Waals surface area (Å²) in [6, 6.07) is 0. The Morgan fingerprint density at radius 2 is 2.14 bits per heavy atom. The standard InChI is InChI=1S/C11H20N2O/c1-3-6-12-11(14)9-10-4-7-13(2)8-5-10/h3,6,10H,4-5,7-9H2,1-2H3,(H,12,14)/b6-3+. The molecule has 1 saturated heterocycles. The summed E-state index contributed by atoms with van der Waals surface area (Å²) in [5, 5.41) is 2.76. The molecule has 1 rings (SSSR count). The molecule has 0 radical (unpaired) electrons. The van der Waals surface area contributed by atoms with Crippen LogP contribution < -0.4 is 5.32 Å². The first-order valence-electron chi connectivity index (χ1n) is 5.31. The monoisotopic (exact) mass is 196 g/mol. The summed E-state index contributed by atoms with van der Waals surface area (Å²) in [6.07, 6.45) is 6.53. The zero-order chi connectivity index (χ0) is 10.4. The maximum Gasteiger partial charge on any atom is 0.224 e. The van der Waals surface area contributed by atoms with Crippen molar-refractivity contribution in [1.29, 1.82) is 0 Å². The molecule has 14 heavy (non-hydrogen) atoms. The van der Waals surface area contributed by atoms with E-state index in [2.05, 4.69) is 17.3 Å². The molecule has 1 amide bonds. The number of likely N-dealkylation sites (tertiary alicyclic amines) is 1. The molecule has 0 atom stereocenters. The van der Waals surface area contributed by atoms with Gasteiger partial charge in [0.25, 0.3) is 0 Å². The van der Waals surface area contributed by atoms with Crippen molar-refractivity contribution in [2.24, 2.45) is 5.92 Å². The second-order valence-corrected chi connectivity index (χ2v) is 4.02. The summed E-state index contributed by atoms with van der Waals surface area (Å²) in [4.78, 5) is 13.7. The second-order valence-electron chi connectivity index (χ2n) is 4.02. The molecule has 1 aliphatic heterocycles. The molecule has 0 aromatic rings. The minimum Gasteiger partial charge on any atom is -0.333 e. The number of nitrogens with one attached hydrogen (secondary N) is 1. The fourth-order valence-corrected chi connectivity index (χ4v) is 1.76. The summed E-state index contributed by atoms with van der Waals surface area (Å²) in [5.41, 5.74) is 0. The van der Waals surface area contributed by atoms with E-state index in [9.17, 15) is 4.79 Å². The van der Waals surface area contributed by atoms with E-state index >= 15 is 0 Å². The lowest BCUT2D eigenvalue weighted by Gasteiger charge is -2.28. The van der Waals surface area contributed by atoms with Crippen molar-refractivity contribution in [2.45, 2.75) is 26.2 Å².